The van der Waals surface area contributed by atoms with E-state index < -0.39 is 26.6 Å². The number of hydrogen-bond acceptors (Lipinski definition) is 6. The third kappa shape index (κ3) is 62.9. The Kier molecular flexibility index (Phi) is 58.1. The van der Waals surface area contributed by atoms with Gasteiger partial charge in [-0.25, -0.2) is 0 Å². The minimum absolute atomic E-state index is 0.0107. The zero-order valence-corrected chi connectivity index (χ0v) is 53.2. The molecule has 0 aromatic rings. The van der Waals surface area contributed by atoms with E-state index in [-0.39, 0.29) is 12.5 Å². The summed E-state index contributed by atoms with van der Waals surface area (Å²) in [7, 11) is 1.24. The number of nitrogens with zero attached hydrogens (tertiary/aromatic N) is 1. The predicted octanol–water partition coefficient (Wildman–Crippen LogP) is 20.3. The van der Waals surface area contributed by atoms with E-state index in [0.29, 0.717) is 17.4 Å². The average Bonchev–Trinajstić information content (AvgIpc) is 3.42. The Hall–Kier alpha value is -2.58. The van der Waals surface area contributed by atoms with E-state index in [1.807, 2.05) is 27.2 Å². The maximum Gasteiger partial charge on any atom is 0.268 e. The second-order valence-electron chi connectivity index (χ2n) is 23.4. The zero-order valence-electron chi connectivity index (χ0n) is 52.3. The Morgan fingerprint density at radius 3 is 1.18 bits per heavy atom. The first-order valence-corrected chi connectivity index (χ1v) is 34.6. The van der Waals surface area contributed by atoms with Gasteiger partial charge in [-0.15, -0.1) is 0 Å². The molecular weight excluding hydrogens is 996 g/mol. The van der Waals surface area contributed by atoms with Gasteiger partial charge in [0.15, 0.2) is 0 Å². The lowest BCUT2D eigenvalue weighted by atomic mass is 10.0. The summed E-state index contributed by atoms with van der Waals surface area (Å²) in [4.78, 5) is 25.6. The molecule has 1 amide bonds. The zero-order chi connectivity index (χ0) is 57.7. The third-order valence-electron chi connectivity index (χ3n) is 14.5. The highest BCUT2D eigenvalue weighted by Crippen LogP contribution is 2.38. The van der Waals surface area contributed by atoms with Crippen molar-refractivity contribution in [2.45, 2.75) is 302 Å². The van der Waals surface area contributed by atoms with Gasteiger partial charge in [0.25, 0.3) is 7.82 Å². The van der Waals surface area contributed by atoms with E-state index in [9.17, 15) is 19.4 Å². The molecule has 0 bridgehead atoms. The van der Waals surface area contributed by atoms with Crippen LogP contribution in [-0.4, -0.2) is 68.5 Å². The number of carbonyl (C=O) groups excluding carboxylic acids is 1. The molecule has 0 aliphatic carbocycles. The number of aliphatic hydroxyl groups excluding tert-OH is 1. The van der Waals surface area contributed by atoms with Crippen LogP contribution < -0.4 is 10.2 Å². The van der Waals surface area contributed by atoms with Gasteiger partial charge in [-0.3, -0.25) is 9.36 Å². The molecule has 0 fully saturated rings. The van der Waals surface area contributed by atoms with Crippen LogP contribution in [0.15, 0.2) is 97.2 Å². The lowest BCUT2D eigenvalue weighted by Crippen LogP contribution is -2.45. The number of hydrogen-bond donors (Lipinski definition) is 2. The largest absolute Gasteiger partial charge is 0.756 e. The SMILES string of the molecule is CC/C=C\C/C=C\C/C=C\C/C=C\C/C=C\CCCCCCCCCCCCCCCCCCCCCCCC(=O)NC(COP(=O)([O-])OCC[N+](C)(C)C)C(O)/C=C/CC/C=C/CC/C=C/CCCCCCCCCCCC. The van der Waals surface area contributed by atoms with Crippen LogP contribution in [0.1, 0.15) is 290 Å². The summed E-state index contributed by atoms with van der Waals surface area (Å²) in [5.41, 5.74) is 0. The van der Waals surface area contributed by atoms with Gasteiger partial charge in [0, 0.05) is 6.42 Å². The number of unbranched alkanes of at least 4 members (excludes halogenated alkanes) is 33. The Balaban J connectivity index is 4.06. The van der Waals surface area contributed by atoms with Crippen LogP contribution in [0, 0.1) is 0 Å². The van der Waals surface area contributed by atoms with Crippen molar-refractivity contribution in [3.63, 3.8) is 0 Å². The van der Waals surface area contributed by atoms with Crippen molar-refractivity contribution >= 4 is 13.7 Å². The van der Waals surface area contributed by atoms with E-state index in [1.165, 1.54) is 193 Å². The molecule has 3 unspecified atom stereocenters. The van der Waals surface area contributed by atoms with E-state index in [2.05, 4.69) is 104 Å². The van der Waals surface area contributed by atoms with Crippen LogP contribution in [0.2, 0.25) is 0 Å². The van der Waals surface area contributed by atoms with Gasteiger partial charge in [-0.1, -0.05) is 291 Å². The number of carbonyl (C=O) groups is 1. The number of quaternary nitrogens is 1. The summed E-state index contributed by atoms with van der Waals surface area (Å²) in [5.74, 6) is -0.209. The molecule has 0 aliphatic heterocycles. The Morgan fingerprint density at radius 2 is 0.785 bits per heavy atom. The van der Waals surface area contributed by atoms with Crippen molar-refractivity contribution in [3.8, 4) is 0 Å². The van der Waals surface area contributed by atoms with Crippen LogP contribution in [0.25, 0.3) is 0 Å². The topological polar surface area (TPSA) is 108 Å². The lowest BCUT2D eigenvalue weighted by Gasteiger charge is -2.29. The molecule has 0 radical (unpaired) electrons. The highest BCUT2D eigenvalue weighted by atomic mass is 31.2. The second-order valence-corrected chi connectivity index (χ2v) is 24.8. The molecule has 9 heteroatoms. The maximum absolute atomic E-state index is 13.0. The molecule has 0 rings (SSSR count). The van der Waals surface area contributed by atoms with E-state index >= 15 is 0 Å². The summed E-state index contributed by atoms with van der Waals surface area (Å²) in [6, 6.07) is -0.913. The lowest BCUT2D eigenvalue weighted by molar-refractivity contribution is -0.870. The van der Waals surface area contributed by atoms with Gasteiger partial charge >= 0.3 is 0 Å². The average molecular weight is 1120 g/mol. The molecule has 2 N–H and O–H groups in total. The summed E-state index contributed by atoms with van der Waals surface area (Å²) in [6.07, 6.45) is 86.7. The molecule has 79 heavy (non-hydrogen) atoms. The fourth-order valence-electron chi connectivity index (χ4n) is 9.39. The van der Waals surface area contributed by atoms with Crippen molar-refractivity contribution in [1.82, 2.24) is 5.32 Å². The van der Waals surface area contributed by atoms with Crippen LogP contribution in [0.3, 0.4) is 0 Å². The third-order valence-corrected chi connectivity index (χ3v) is 15.5. The normalized spacial score (nSPS) is 14.4. The number of likely N-dealkylation sites (N-methyl/N-ethyl adjacent to an activating group) is 1. The van der Waals surface area contributed by atoms with Crippen molar-refractivity contribution in [2.75, 3.05) is 40.9 Å². The Bertz CT molecular complexity index is 1610. The molecule has 0 aromatic heterocycles. The Morgan fingerprint density at radius 1 is 0.456 bits per heavy atom. The summed E-state index contributed by atoms with van der Waals surface area (Å²) >= 11 is 0. The standard InChI is InChI=1S/C70H127N2O6P/c1-6-8-10-12-14-16-18-20-22-24-26-28-29-30-31-32-33-34-35-36-37-38-39-40-41-42-43-44-46-48-50-52-54-56-58-60-62-64-70(74)71-68(67-78-79(75,76)77-66-65-72(3,4)5)69(73)63-61-59-57-55-53-51-49-47-45-27-25-23-21-19-17-15-13-11-9-7-2/h8,10,14,16,20,22,26,28,30-31,45,47,53,55,61,63,68-69,73H,6-7,9,11-13,15,17-19,21,23-25,27,29,32-44,46,48-52,54,56-60,62,64-67H2,1-5H3,(H-,71,74,75,76)/b10-8-,16-14-,22-20-,28-26-,31-30-,47-45+,55-53+,63-61+. The number of allylic oxidation sites excluding steroid dienone is 15. The van der Waals surface area contributed by atoms with E-state index in [4.69, 9.17) is 9.05 Å². The van der Waals surface area contributed by atoms with Crippen LogP contribution in [0.4, 0.5) is 0 Å². The molecule has 0 aliphatic rings. The molecule has 0 aromatic carbocycles. The first-order valence-electron chi connectivity index (χ1n) is 33.1. The minimum Gasteiger partial charge on any atom is -0.756 e. The molecule has 0 saturated carbocycles. The monoisotopic (exact) mass is 1120 g/mol. The second kappa shape index (κ2) is 60.0. The van der Waals surface area contributed by atoms with Crippen molar-refractivity contribution in [3.05, 3.63) is 97.2 Å². The van der Waals surface area contributed by atoms with Gasteiger partial charge < -0.3 is 28.8 Å². The smallest absolute Gasteiger partial charge is 0.268 e. The minimum atomic E-state index is -4.62. The number of rotatable bonds is 60. The van der Waals surface area contributed by atoms with Gasteiger partial charge in [0.1, 0.15) is 13.2 Å². The van der Waals surface area contributed by atoms with Crippen LogP contribution in [0.5, 0.6) is 0 Å². The number of phosphoric ester groups is 1. The van der Waals surface area contributed by atoms with Crippen LogP contribution >= 0.6 is 7.82 Å². The molecule has 0 saturated heterocycles. The molecule has 3 atom stereocenters. The van der Waals surface area contributed by atoms with Gasteiger partial charge in [0.2, 0.25) is 5.91 Å². The van der Waals surface area contributed by atoms with Gasteiger partial charge in [-0.2, -0.15) is 0 Å². The molecule has 458 valence electrons. The van der Waals surface area contributed by atoms with Gasteiger partial charge in [-0.05, 0) is 89.9 Å². The molecule has 8 nitrogen and oxygen atoms in total. The fourth-order valence-corrected chi connectivity index (χ4v) is 10.1. The highest BCUT2D eigenvalue weighted by Gasteiger charge is 2.23. The number of phosphoric acid groups is 1. The van der Waals surface area contributed by atoms with Crippen LogP contribution in [-0.2, 0) is 18.4 Å². The number of aliphatic hydroxyl groups is 1. The Labute approximate surface area is 489 Å². The summed E-state index contributed by atoms with van der Waals surface area (Å²) in [5, 5.41) is 13.9. The summed E-state index contributed by atoms with van der Waals surface area (Å²) < 4.78 is 23.4. The first kappa shape index (κ1) is 76.4. The van der Waals surface area contributed by atoms with Crippen molar-refractivity contribution in [1.29, 1.82) is 0 Å². The highest BCUT2D eigenvalue weighted by molar-refractivity contribution is 7.45. The number of nitrogens with one attached hydrogen (secondary N) is 1. The fraction of sp³-hybridized carbons (Fsp3) is 0.757. The van der Waals surface area contributed by atoms with Crippen molar-refractivity contribution < 1.29 is 32.9 Å². The van der Waals surface area contributed by atoms with E-state index in [0.717, 1.165) is 77.0 Å². The quantitative estimate of drug-likeness (QED) is 0.0272. The van der Waals surface area contributed by atoms with E-state index in [1.54, 1.807) is 6.08 Å². The predicted molar refractivity (Wildman–Crippen MR) is 343 cm³/mol. The summed E-state index contributed by atoms with van der Waals surface area (Å²) in [6.45, 7) is 4.52. The molecular formula is C70H127N2O6P. The van der Waals surface area contributed by atoms with Crippen molar-refractivity contribution in [2.24, 2.45) is 0 Å². The molecule has 0 spiro atoms. The van der Waals surface area contributed by atoms with Gasteiger partial charge in [0.05, 0.1) is 39.9 Å². The maximum atomic E-state index is 13.0. The number of amides is 1. The molecule has 0 heterocycles. The first-order chi connectivity index (χ1) is 38.5.